The molecule has 1 heterocycles. The van der Waals surface area contributed by atoms with Crippen LogP contribution in [0.1, 0.15) is 57.2 Å². The summed E-state index contributed by atoms with van der Waals surface area (Å²) < 4.78 is 19.3. The van der Waals surface area contributed by atoms with E-state index in [-0.39, 0.29) is 4.75 Å². The van der Waals surface area contributed by atoms with Crippen LogP contribution in [-0.4, -0.2) is 46.6 Å². The molecule has 1 aliphatic heterocycles. The van der Waals surface area contributed by atoms with Gasteiger partial charge in [-0.3, -0.25) is 0 Å². The topological polar surface area (TPSA) is 62.2 Å². The predicted molar refractivity (Wildman–Crippen MR) is 166 cm³/mol. The van der Waals surface area contributed by atoms with Gasteiger partial charge in [-0.2, -0.15) is 4.31 Å². The number of aliphatic hydroxyl groups is 1. The van der Waals surface area contributed by atoms with E-state index in [0.717, 1.165) is 12.2 Å². The molecular weight excluding hydrogens is 526 g/mol. The van der Waals surface area contributed by atoms with Gasteiger partial charge in [0.15, 0.2) is 0 Å². The zero-order chi connectivity index (χ0) is 28.3. The van der Waals surface area contributed by atoms with Crippen LogP contribution >= 0.6 is 24.0 Å². The van der Waals surface area contributed by atoms with Crippen molar-refractivity contribution >= 4 is 24.0 Å². The van der Waals surface area contributed by atoms with Gasteiger partial charge in [0.1, 0.15) is 20.3 Å². The molecule has 0 aromatic heterocycles. The first-order valence-electron chi connectivity index (χ1n) is 13.6. The van der Waals surface area contributed by atoms with Gasteiger partial charge in [-0.25, -0.2) is 0 Å². The maximum absolute atomic E-state index is 8.37. The molecule has 3 aromatic rings. The Balaban J connectivity index is 0.000000312. The maximum Gasteiger partial charge on any atom is 0.150 e. The lowest BCUT2D eigenvalue weighted by molar-refractivity contribution is -0.152. The van der Waals surface area contributed by atoms with Crippen LogP contribution in [0.4, 0.5) is 0 Å². The Morgan fingerprint density at radius 3 is 1.41 bits per heavy atom. The zero-order valence-electron chi connectivity index (χ0n) is 23.7. The van der Waals surface area contributed by atoms with E-state index in [9.17, 15) is 0 Å². The monoisotopic (exact) mass is 571 g/mol. The fourth-order valence-electron chi connectivity index (χ4n) is 3.90. The fraction of sp³-hybridized carbons (Fsp3) is 0.438. The van der Waals surface area contributed by atoms with Crippen LogP contribution in [0.5, 0.6) is 0 Å². The SMILES string of the molecule is CC(C)CCO.CC(C)CCSC(c1ccccc1)(c1ccccc1)c1ccccc1.OSN1COCOC1. The van der Waals surface area contributed by atoms with Crippen molar-refractivity contribution in [2.45, 2.75) is 45.3 Å². The van der Waals surface area contributed by atoms with Crippen LogP contribution in [0, 0.1) is 11.8 Å². The van der Waals surface area contributed by atoms with Gasteiger partial charge in [0.25, 0.3) is 0 Å². The Labute approximate surface area is 244 Å². The molecule has 0 saturated carbocycles. The van der Waals surface area contributed by atoms with Crippen molar-refractivity contribution in [3.05, 3.63) is 108 Å². The lowest BCUT2D eigenvalue weighted by Gasteiger charge is -2.35. The molecule has 2 N–H and O–H groups in total. The summed E-state index contributed by atoms with van der Waals surface area (Å²) in [5.41, 5.74) is 4.04. The van der Waals surface area contributed by atoms with Gasteiger partial charge in [0, 0.05) is 6.61 Å². The second-order valence-corrected chi connectivity index (χ2v) is 12.1. The van der Waals surface area contributed by atoms with Gasteiger partial charge in [-0.05, 0) is 47.1 Å². The molecule has 3 aromatic carbocycles. The van der Waals surface area contributed by atoms with E-state index < -0.39 is 0 Å². The minimum Gasteiger partial charge on any atom is -0.396 e. The summed E-state index contributed by atoms with van der Waals surface area (Å²) >= 11 is 2.69. The summed E-state index contributed by atoms with van der Waals surface area (Å²) in [5, 5.41) is 8.24. The molecule has 0 bridgehead atoms. The van der Waals surface area contributed by atoms with Gasteiger partial charge < -0.3 is 19.1 Å². The lowest BCUT2D eigenvalue weighted by Crippen LogP contribution is -2.28. The summed E-state index contributed by atoms with van der Waals surface area (Å²) in [6.07, 6.45) is 2.15. The van der Waals surface area contributed by atoms with Crippen molar-refractivity contribution in [3.63, 3.8) is 0 Å². The average Bonchev–Trinajstić information content (AvgIpc) is 2.98. The Morgan fingerprint density at radius 1 is 0.718 bits per heavy atom. The van der Waals surface area contributed by atoms with Crippen LogP contribution < -0.4 is 0 Å². The van der Waals surface area contributed by atoms with E-state index in [1.54, 1.807) is 4.31 Å². The van der Waals surface area contributed by atoms with Crippen molar-refractivity contribution < 1.29 is 19.1 Å². The van der Waals surface area contributed by atoms with E-state index >= 15 is 0 Å². The van der Waals surface area contributed by atoms with E-state index in [1.165, 1.54) is 23.1 Å². The van der Waals surface area contributed by atoms with E-state index in [4.69, 9.17) is 19.1 Å². The fourth-order valence-corrected chi connectivity index (χ4v) is 5.94. The van der Waals surface area contributed by atoms with Gasteiger partial charge in [0.05, 0.1) is 17.0 Å². The molecular formula is C32H45NO4S2. The lowest BCUT2D eigenvalue weighted by atomic mass is 9.84. The normalized spacial score (nSPS) is 13.8. The van der Waals surface area contributed by atoms with Gasteiger partial charge in [-0.15, -0.1) is 11.8 Å². The number of hydrogen-bond donors (Lipinski definition) is 2. The van der Waals surface area contributed by atoms with Crippen molar-refractivity contribution in [3.8, 4) is 0 Å². The highest BCUT2D eigenvalue weighted by molar-refractivity contribution is 8.00. The largest absolute Gasteiger partial charge is 0.396 e. The molecule has 0 spiro atoms. The van der Waals surface area contributed by atoms with Gasteiger partial charge >= 0.3 is 0 Å². The number of aliphatic hydroxyl groups excluding tert-OH is 1. The highest BCUT2D eigenvalue weighted by Gasteiger charge is 2.36. The second kappa shape index (κ2) is 19.3. The smallest absolute Gasteiger partial charge is 0.150 e. The number of benzene rings is 3. The molecule has 0 amide bonds. The van der Waals surface area contributed by atoms with Crippen molar-refractivity contribution in [1.29, 1.82) is 0 Å². The van der Waals surface area contributed by atoms with Crippen LogP contribution in [-0.2, 0) is 14.2 Å². The molecule has 7 heteroatoms. The van der Waals surface area contributed by atoms with Crippen molar-refractivity contribution in [2.24, 2.45) is 11.8 Å². The minimum absolute atomic E-state index is 0.168. The Morgan fingerprint density at radius 2 is 1.13 bits per heavy atom. The molecule has 1 saturated heterocycles. The summed E-state index contributed by atoms with van der Waals surface area (Å²) in [7, 11) is 0. The molecule has 0 radical (unpaired) electrons. The number of rotatable bonds is 10. The third-order valence-corrected chi connectivity index (χ3v) is 8.04. The molecule has 0 atom stereocenters. The van der Waals surface area contributed by atoms with E-state index in [1.807, 2.05) is 0 Å². The first-order chi connectivity index (χ1) is 18.9. The Hall–Kier alpha value is -1.84. The molecule has 4 rings (SSSR count). The van der Waals surface area contributed by atoms with Crippen LogP contribution in [0.25, 0.3) is 0 Å². The summed E-state index contributed by atoms with van der Waals surface area (Å²) in [5.74, 6) is 2.50. The second-order valence-electron chi connectivity index (χ2n) is 10.1. The first kappa shape index (κ1) is 33.4. The van der Waals surface area contributed by atoms with Crippen LogP contribution in [0.3, 0.4) is 0 Å². The summed E-state index contributed by atoms with van der Waals surface area (Å²) in [6, 6.07) is 32.8. The van der Waals surface area contributed by atoms with Gasteiger partial charge in [0.2, 0.25) is 0 Å². The molecule has 0 aliphatic carbocycles. The molecule has 0 unspecified atom stereocenters. The molecule has 1 fully saturated rings. The Kier molecular flexibility index (Phi) is 16.5. The summed E-state index contributed by atoms with van der Waals surface area (Å²) in [4.78, 5) is 0. The minimum atomic E-state index is -0.168. The predicted octanol–water partition coefficient (Wildman–Crippen LogP) is 8.11. The quantitative estimate of drug-likeness (QED) is 0.145. The standard InChI is InChI=1S/C24H26S.C5H12O.C3H7NO3S/c1-20(2)18-19-25-24(21-12-6-3-7-13-21,22-14-8-4-9-15-22)23-16-10-5-11-17-23;1-5(2)3-4-6;5-8-4-1-6-3-7-2-4/h3-17,20H,18-19H2,1-2H3;5-6H,3-4H2,1-2H3;5H,1-3H2. The first-order valence-corrected chi connectivity index (χ1v) is 15.3. The maximum atomic E-state index is 8.37. The zero-order valence-corrected chi connectivity index (χ0v) is 25.4. The van der Waals surface area contributed by atoms with E-state index in [0.29, 0.717) is 50.9 Å². The third-order valence-electron chi connectivity index (χ3n) is 6.01. The molecule has 1 aliphatic rings. The number of ether oxygens (including phenoxy) is 2. The Bertz CT molecular complexity index is 888. The van der Waals surface area contributed by atoms with Crippen LogP contribution in [0.2, 0.25) is 0 Å². The van der Waals surface area contributed by atoms with Crippen LogP contribution in [0.15, 0.2) is 91.0 Å². The van der Waals surface area contributed by atoms with E-state index in [2.05, 4.69) is 130 Å². The van der Waals surface area contributed by atoms with Gasteiger partial charge in [-0.1, -0.05) is 119 Å². The third kappa shape index (κ3) is 11.7. The van der Waals surface area contributed by atoms with Crippen molar-refractivity contribution in [2.75, 3.05) is 32.6 Å². The highest BCUT2D eigenvalue weighted by Crippen LogP contribution is 2.48. The summed E-state index contributed by atoms with van der Waals surface area (Å²) in [6.45, 7) is 10.3. The highest BCUT2D eigenvalue weighted by atomic mass is 32.2. The molecule has 5 nitrogen and oxygen atoms in total. The average molecular weight is 572 g/mol. The van der Waals surface area contributed by atoms with Crippen molar-refractivity contribution in [1.82, 2.24) is 4.31 Å². The molecule has 214 valence electrons. The number of thioether (sulfide) groups is 1. The number of nitrogens with zero attached hydrogens (tertiary/aromatic N) is 1. The molecule has 39 heavy (non-hydrogen) atoms. The number of hydrogen-bond acceptors (Lipinski definition) is 7.